The highest BCUT2D eigenvalue weighted by molar-refractivity contribution is 4.83. The van der Waals surface area contributed by atoms with E-state index in [1.807, 2.05) is 0 Å². The van der Waals surface area contributed by atoms with Gasteiger partial charge in [0.1, 0.15) is 0 Å². The zero-order valence-corrected chi connectivity index (χ0v) is 12.6. The van der Waals surface area contributed by atoms with Gasteiger partial charge >= 0.3 is 0 Å². The average Bonchev–Trinajstić information content (AvgIpc) is 2.27. The summed E-state index contributed by atoms with van der Waals surface area (Å²) < 4.78 is 0. The maximum absolute atomic E-state index is 3.66. The van der Waals surface area contributed by atoms with Crippen LogP contribution in [0.15, 0.2) is 0 Å². The van der Waals surface area contributed by atoms with Gasteiger partial charge in [0.05, 0.1) is 0 Å². The number of hydrogen-bond donors (Lipinski definition) is 1. The fourth-order valence-electron chi connectivity index (χ4n) is 3.49. The van der Waals surface area contributed by atoms with E-state index in [-0.39, 0.29) is 0 Å². The van der Waals surface area contributed by atoms with Crippen LogP contribution < -0.4 is 5.32 Å². The lowest BCUT2D eigenvalue weighted by Crippen LogP contribution is -2.38. The fraction of sp³-hybridized carbons (Fsp3) is 1.00. The van der Waals surface area contributed by atoms with Crippen molar-refractivity contribution in [2.75, 3.05) is 6.54 Å². The van der Waals surface area contributed by atoms with Crippen LogP contribution >= 0.6 is 0 Å². The first kappa shape index (κ1) is 15.0. The predicted molar refractivity (Wildman–Crippen MR) is 77.2 cm³/mol. The Morgan fingerprint density at radius 1 is 1.18 bits per heavy atom. The van der Waals surface area contributed by atoms with E-state index in [0.717, 1.165) is 23.7 Å². The van der Waals surface area contributed by atoms with Crippen LogP contribution in [0.1, 0.15) is 66.7 Å². The van der Waals surface area contributed by atoms with E-state index in [0.29, 0.717) is 6.04 Å². The van der Waals surface area contributed by atoms with Crippen LogP contribution in [0.5, 0.6) is 0 Å². The molecule has 1 saturated carbocycles. The van der Waals surface area contributed by atoms with Crippen LogP contribution in [0.4, 0.5) is 0 Å². The van der Waals surface area contributed by atoms with Gasteiger partial charge in [-0.2, -0.15) is 0 Å². The molecule has 1 rings (SSSR count). The van der Waals surface area contributed by atoms with Crippen molar-refractivity contribution in [1.29, 1.82) is 0 Å². The zero-order chi connectivity index (χ0) is 12.8. The van der Waals surface area contributed by atoms with Gasteiger partial charge in [0.2, 0.25) is 0 Å². The summed E-state index contributed by atoms with van der Waals surface area (Å²) in [5, 5.41) is 3.66. The largest absolute Gasteiger partial charge is 0.314 e. The lowest BCUT2D eigenvalue weighted by atomic mass is 9.68. The molecule has 17 heavy (non-hydrogen) atoms. The Labute approximate surface area is 109 Å². The Morgan fingerprint density at radius 2 is 1.88 bits per heavy atom. The summed E-state index contributed by atoms with van der Waals surface area (Å²) in [5.41, 5.74) is 0. The normalized spacial score (nSPS) is 31.8. The van der Waals surface area contributed by atoms with E-state index in [1.54, 1.807) is 0 Å². The standard InChI is InChI=1S/C16H33N/c1-6-7-14(5)16-10-13(4)8-9-15(16)11-17-12(2)3/h12-17H,6-11H2,1-5H3. The van der Waals surface area contributed by atoms with Gasteiger partial charge in [-0.3, -0.25) is 0 Å². The van der Waals surface area contributed by atoms with Crippen molar-refractivity contribution in [2.45, 2.75) is 72.8 Å². The Balaban J connectivity index is 2.51. The average molecular weight is 239 g/mol. The number of hydrogen-bond acceptors (Lipinski definition) is 1. The molecule has 0 spiro atoms. The molecule has 0 heterocycles. The van der Waals surface area contributed by atoms with E-state index >= 15 is 0 Å². The van der Waals surface area contributed by atoms with Gasteiger partial charge < -0.3 is 5.32 Å². The van der Waals surface area contributed by atoms with E-state index in [4.69, 9.17) is 0 Å². The predicted octanol–water partition coefficient (Wildman–Crippen LogP) is 4.47. The second-order valence-corrected chi connectivity index (χ2v) is 6.67. The minimum absolute atomic E-state index is 0.636. The van der Waals surface area contributed by atoms with Gasteiger partial charge in [0.15, 0.2) is 0 Å². The second-order valence-electron chi connectivity index (χ2n) is 6.67. The van der Waals surface area contributed by atoms with Crippen LogP contribution in [0, 0.1) is 23.7 Å². The lowest BCUT2D eigenvalue weighted by Gasteiger charge is -2.39. The summed E-state index contributed by atoms with van der Waals surface area (Å²) in [6.45, 7) is 13.0. The third-order valence-electron chi connectivity index (χ3n) is 4.57. The molecule has 0 aromatic rings. The molecule has 4 unspecified atom stereocenters. The summed E-state index contributed by atoms with van der Waals surface area (Å²) in [6, 6.07) is 0.636. The molecule has 0 radical (unpaired) electrons. The maximum Gasteiger partial charge on any atom is 0.00104 e. The van der Waals surface area contributed by atoms with Gasteiger partial charge in [-0.05, 0) is 43.1 Å². The lowest BCUT2D eigenvalue weighted by molar-refractivity contribution is 0.125. The summed E-state index contributed by atoms with van der Waals surface area (Å²) in [4.78, 5) is 0. The van der Waals surface area contributed by atoms with Crippen LogP contribution in [-0.4, -0.2) is 12.6 Å². The molecule has 1 aliphatic rings. The molecule has 0 aliphatic heterocycles. The van der Waals surface area contributed by atoms with Gasteiger partial charge in [-0.1, -0.05) is 53.9 Å². The fourth-order valence-corrected chi connectivity index (χ4v) is 3.49. The topological polar surface area (TPSA) is 12.0 Å². The van der Waals surface area contributed by atoms with Crippen molar-refractivity contribution in [3.05, 3.63) is 0 Å². The first-order valence-corrected chi connectivity index (χ1v) is 7.77. The maximum atomic E-state index is 3.66. The highest BCUT2D eigenvalue weighted by atomic mass is 14.9. The Kier molecular flexibility index (Phi) is 6.54. The SMILES string of the molecule is CCCC(C)C1CC(C)CCC1CNC(C)C. The first-order chi connectivity index (χ1) is 8.04. The molecule has 0 aromatic heterocycles. The third-order valence-corrected chi connectivity index (χ3v) is 4.57. The molecule has 1 heteroatoms. The van der Waals surface area contributed by atoms with Gasteiger partial charge in [0.25, 0.3) is 0 Å². The minimum Gasteiger partial charge on any atom is -0.314 e. The minimum atomic E-state index is 0.636. The number of rotatable bonds is 6. The smallest absolute Gasteiger partial charge is 0.00104 e. The molecule has 102 valence electrons. The zero-order valence-electron chi connectivity index (χ0n) is 12.6. The van der Waals surface area contributed by atoms with Crippen LogP contribution in [-0.2, 0) is 0 Å². The molecule has 0 bridgehead atoms. The van der Waals surface area contributed by atoms with Crippen molar-refractivity contribution in [1.82, 2.24) is 5.32 Å². The van der Waals surface area contributed by atoms with Crippen LogP contribution in [0.2, 0.25) is 0 Å². The Hall–Kier alpha value is -0.0400. The highest BCUT2D eigenvalue weighted by Crippen LogP contribution is 2.39. The molecular weight excluding hydrogens is 206 g/mol. The van der Waals surface area contributed by atoms with Crippen LogP contribution in [0.3, 0.4) is 0 Å². The highest BCUT2D eigenvalue weighted by Gasteiger charge is 2.31. The van der Waals surface area contributed by atoms with Crippen molar-refractivity contribution in [3.63, 3.8) is 0 Å². The summed E-state index contributed by atoms with van der Waals surface area (Å²) in [6.07, 6.45) is 7.11. The van der Waals surface area contributed by atoms with Crippen molar-refractivity contribution in [3.8, 4) is 0 Å². The van der Waals surface area contributed by atoms with Crippen LogP contribution in [0.25, 0.3) is 0 Å². The third kappa shape index (κ3) is 4.99. The first-order valence-electron chi connectivity index (χ1n) is 7.77. The van der Waals surface area contributed by atoms with E-state index in [2.05, 4.69) is 39.9 Å². The molecule has 1 fully saturated rings. The molecule has 1 N–H and O–H groups in total. The quantitative estimate of drug-likeness (QED) is 0.721. The van der Waals surface area contributed by atoms with Gasteiger partial charge in [0, 0.05) is 6.04 Å². The van der Waals surface area contributed by atoms with E-state index in [9.17, 15) is 0 Å². The second kappa shape index (κ2) is 7.41. The van der Waals surface area contributed by atoms with E-state index < -0.39 is 0 Å². The molecule has 1 aliphatic carbocycles. The molecule has 0 amide bonds. The van der Waals surface area contributed by atoms with Crippen molar-refractivity contribution >= 4 is 0 Å². The molecular formula is C16H33N. The molecule has 0 saturated heterocycles. The van der Waals surface area contributed by atoms with E-state index in [1.165, 1.54) is 38.6 Å². The molecule has 1 nitrogen and oxygen atoms in total. The van der Waals surface area contributed by atoms with Gasteiger partial charge in [-0.15, -0.1) is 0 Å². The monoisotopic (exact) mass is 239 g/mol. The number of nitrogens with one attached hydrogen (secondary N) is 1. The Morgan fingerprint density at radius 3 is 2.47 bits per heavy atom. The summed E-state index contributed by atoms with van der Waals surface area (Å²) >= 11 is 0. The summed E-state index contributed by atoms with van der Waals surface area (Å²) in [7, 11) is 0. The van der Waals surface area contributed by atoms with Crippen molar-refractivity contribution in [2.24, 2.45) is 23.7 Å². The molecule has 0 aromatic carbocycles. The summed E-state index contributed by atoms with van der Waals surface area (Å²) in [5.74, 6) is 3.76. The van der Waals surface area contributed by atoms with Crippen molar-refractivity contribution < 1.29 is 0 Å². The van der Waals surface area contributed by atoms with Gasteiger partial charge in [-0.25, -0.2) is 0 Å². The molecule has 4 atom stereocenters. The Bertz CT molecular complexity index is 200.